The lowest BCUT2D eigenvalue weighted by atomic mass is 10.1. The highest BCUT2D eigenvalue weighted by Crippen LogP contribution is 2.30. The van der Waals surface area contributed by atoms with E-state index >= 15 is 0 Å². The van der Waals surface area contributed by atoms with Crippen LogP contribution in [0.2, 0.25) is 5.02 Å². The third kappa shape index (κ3) is 4.63. The first kappa shape index (κ1) is 22.7. The number of fused-ring (bicyclic) bond motifs is 1. The number of thioether (sulfide) groups is 1. The molecule has 0 saturated carbocycles. The number of amides is 1. The maximum absolute atomic E-state index is 12.8. The normalized spacial score (nSPS) is 19.4. The average Bonchev–Trinajstić information content (AvgIpc) is 3.46. The SMILES string of the molecule is Cc1cc(OCCn2cccc2/C=C2/C(=N)N3N=C(N4CCCCC4)SC3=NC2=O)ccc1Cl. The van der Waals surface area contributed by atoms with Crippen LogP contribution in [0.5, 0.6) is 5.75 Å². The predicted molar refractivity (Wildman–Crippen MR) is 137 cm³/mol. The second-order valence-electron chi connectivity index (χ2n) is 8.34. The maximum Gasteiger partial charge on any atom is 0.283 e. The smallest absolute Gasteiger partial charge is 0.283 e. The minimum absolute atomic E-state index is 0.0511. The molecule has 3 aliphatic rings. The van der Waals surface area contributed by atoms with Gasteiger partial charge in [0.2, 0.25) is 5.17 Å². The summed E-state index contributed by atoms with van der Waals surface area (Å²) in [6, 6.07) is 9.38. The lowest BCUT2D eigenvalue weighted by molar-refractivity contribution is -0.114. The Labute approximate surface area is 207 Å². The molecule has 1 saturated heterocycles. The van der Waals surface area contributed by atoms with Gasteiger partial charge in [-0.1, -0.05) is 11.6 Å². The Bertz CT molecular complexity index is 1230. The molecule has 34 heavy (non-hydrogen) atoms. The number of aromatic nitrogens is 1. The first-order valence-corrected chi connectivity index (χ1v) is 12.5. The Morgan fingerprint density at radius 2 is 2.03 bits per heavy atom. The molecular weight excluding hydrogens is 472 g/mol. The van der Waals surface area contributed by atoms with E-state index in [1.54, 1.807) is 6.08 Å². The number of aliphatic imine (C=N–C) groups is 1. The number of carbonyl (C=O) groups is 1. The van der Waals surface area contributed by atoms with Gasteiger partial charge in [0, 0.05) is 30.0 Å². The molecule has 1 N–H and O–H groups in total. The Balaban J connectivity index is 1.29. The van der Waals surface area contributed by atoms with Crippen LogP contribution in [0.25, 0.3) is 6.08 Å². The van der Waals surface area contributed by atoms with Crippen molar-refractivity contribution in [2.75, 3.05) is 19.7 Å². The highest BCUT2D eigenvalue weighted by Gasteiger charge is 2.37. The van der Waals surface area contributed by atoms with Crippen molar-refractivity contribution in [1.82, 2.24) is 14.5 Å². The van der Waals surface area contributed by atoms with Gasteiger partial charge >= 0.3 is 0 Å². The number of rotatable bonds is 5. The summed E-state index contributed by atoms with van der Waals surface area (Å²) in [6.45, 7) is 4.87. The summed E-state index contributed by atoms with van der Waals surface area (Å²) in [7, 11) is 0. The number of nitrogens with one attached hydrogen (secondary N) is 1. The Morgan fingerprint density at radius 3 is 2.82 bits per heavy atom. The zero-order valence-corrected chi connectivity index (χ0v) is 20.4. The van der Waals surface area contributed by atoms with Crippen molar-refractivity contribution >= 4 is 51.5 Å². The van der Waals surface area contributed by atoms with Crippen molar-refractivity contribution in [3.63, 3.8) is 0 Å². The number of hydrogen-bond donors (Lipinski definition) is 1. The van der Waals surface area contributed by atoms with Gasteiger partial charge in [-0.3, -0.25) is 10.2 Å². The molecule has 3 aliphatic heterocycles. The molecule has 10 heteroatoms. The van der Waals surface area contributed by atoms with E-state index in [1.807, 2.05) is 48.0 Å². The largest absolute Gasteiger partial charge is 0.492 e. The lowest BCUT2D eigenvalue weighted by Gasteiger charge is -2.26. The molecule has 0 spiro atoms. The van der Waals surface area contributed by atoms with Crippen LogP contribution < -0.4 is 4.74 Å². The number of benzene rings is 1. The molecule has 0 unspecified atom stereocenters. The third-order valence-corrected chi connectivity index (χ3v) is 7.35. The van der Waals surface area contributed by atoms with E-state index in [0.717, 1.165) is 48.1 Å². The van der Waals surface area contributed by atoms with Crippen LogP contribution in [-0.4, -0.2) is 56.3 Å². The minimum atomic E-state index is -0.417. The molecule has 0 aliphatic carbocycles. The molecule has 4 heterocycles. The maximum atomic E-state index is 12.8. The topological polar surface area (TPSA) is 86.3 Å². The molecule has 2 aromatic rings. The van der Waals surface area contributed by atoms with Gasteiger partial charge in [-0.15, -0.1) is 5.10 Å². The van der Waals surface area contributed by atoms with E-state index in [2.05, 4.69) is 15.0 Å². The number of carbonyl (C=O) groups excluding carboxylic acids is 1. The van der Waals surface area contributed by atoms with Gasteiger partial charge in [-0.2, -0.15) is 10.0 Å². The number of piperidine rings is 1. The van der Waals surface area contributed by atoms with Crippen LogP contribution in [0.3, 0.4) is 0 Å². The molecule has 1 amide bonds. The quantitative estimate of drug-likeness (QED) is 0.612. The average molecular weight is 497 g/mol. The molecule has 0 atom stereocenters. The van der Waals surface area contributed by atoms with Crippen LogP contribution >= 0.6 is 23.4 Å². The zero-order chi connectivity index (χ0) is 23.7. The molecule has 8 nitrogen and oxygen atoms in total. The van der Waals surface area contributed by atoms with Gasteiger partial charge in [0.05, 0.1) is 12.1 Å². The number of hydrazone groups is 1. The molecule has 1 fully saturated rings. The monoisotopic (exact) mass is 496 g/mol. The molecule has 1 aromatic carbocycles. The number of hydrogen-bond acceptors (Lipinski definition) is 6. The molecule has 176 valence electrons. The summed E-state index contributed by atoms with van der Waals surface area (Å²) < 4.78 is 7.85. The second kappa shape index (κ2) is 9.68. The van der Waals surface area contributed by atoms with E-state index in [0.29, 0.717) is 23.3 Å². The number of halogens is 1. The van der Waals surface area contributed by atoms with Gasteiger partial charge in [0.15, 0.2) is 11.0 Å². The number of aryl methyl sites for hydroxylation is 1. The van der Waals surface area contributed by atoms with Crippen LogP contribution in [0.4, 0.5) is 0 Å². The number of ether oxygens (including phenoxy) is 1. The van der Waals surface area contributed by atoms with E-state index in [1.165, 1.54) is 23.2 Å². The van der Waals surface area contributed by atoms with Gasteiger partial charge in [-0.05, 0) is 79.9 Å². The molecular formula is C24H25ClN6O2S. The van der Waals surface area contributed by atoms with Gasteiger partial charge in [0.25, 0.3) is 5.91 Å². The fourth-order valence-corrected chi connectivity index (χ4v) is 5.14. The van der Waals surface area contributed by atoms with Crippen molar-refractivity contribution in [3.05, 3.63) is 58.4 Å². The first-order chi connectivity index (χ1) is 16.5. The standard InChI is InChI=1S/C24H25ClN6O2S/c1-16-14-18(7-8-20(16)25)33-13-12-29-11-5-6-17(29)15-19-21(26)31-23(27-22(19)32)34-24(28-31)30-9-3-2-4-10-30/h5-8,11,14-15,26H,2-4,9-10,12-13H2,1H3/b19-15-,26-21?. The summed E-state index contributed by atoms with van der Waals surface area (Å²) in [6.07, 6.45) is 7.12. The third-order valence-electron chi connectivity index (χ3n) is 5.96. The van der Waals surface area contributed by atoms with Gasteiger partial charge in [-0.25, -0.2) is 0 Å². The van der Waals surface area contributed by atoms with Crippen molar-refractivity contribution in [2.24, 2.45) is 10.1 Å². The summed E-state index contributed by atoms with van der Waals surface area (Å²) in [5.41, 5.74) is 1.99. The van der Waals surface area contributed by atoms with Crippen LogP contribution in [0.15, 0.2) is 52.2 Å². The number of amidine groups is 3. The zero-order valence-electron chi connectivity index (χ0n) is 18.8. The van der Waals surface area contributed by atoms with E-state index < -0.39 is 5.91 Å². The van der Waals surface area contributed by atoms with Crippen LogP contribution in [0, 0.1) is 12.3 Å². The lowest BCUT2D eigenvalue weighted by Crippen LogP contribution is -2.35. The van der Waals surface area contributed by atoms with E-state index in [-0.39, 0.29) is 11.4 Å². The van der Waals surface area contributed by atoms with Gasteiger partial charge in [0.1, 0.15) is 12.4 Å². The van der Waals surface area contributed by atoms with E-state index in [4.69, 9.17) is 21.7 Å². The summed E-state index contributed by atoms with van der Waals surface area (Å²) in [4.78, 5) is 19.2. The van der Waals surface area contributed by atoms with Crippen molar-refractivity contribution in [1.29, 1.82) is 5.41 Å². The van der Waals surface area contributed by atoms with Crippen LogP contribution in [0.1, 0.15) is 30.5 Å². The molecule has 5 rings (SSSR count). The van der Waals surface area contributed by atoms with Crippen molar-refractivity contribution < 1.29 is 9.53 Å². The predicted octanol–water partition coefficient (Wildman–Crippen LogP) is 4.59. The van der Waals surface area contributed by atoms with Gasteiger partial charge < -0.3 is 14.2 Å². The fourth-order valence-electron chi connectivity index (χ4n) is 4.07. The summed E-state index contributed by atoms with van der Waals surface area (Å²) >= 11 is 7.44. The summed E-state index contributed by atoms with van der Waals surface area (Å²) in [5, 5.41) is 16.7. The Kier molecular flexibility index (Phi) is 6.47. The Hall–Kier alpha value is -3.04. The van der Waals surface area contributed by atoms with Crippen molar-refractivity contribution in [2.45, 2.75) is 32.7 Å². The van der Waals surface area contributed by atoms with Crippen molar-refractivity contribution in [3.8, 4) is 5.75 Å². The number of nitrogens with zero attached hydrogens (tertiary/aromatic N) is 5. The minimum Gasteiger partial charge on any atom is -0.492 e. The molecule has 0 bridgehead atoms. The molecule has 1 aromatic heterocycles. The second-order valence-corrected chi connectivity index (χ2v) is 9.68. The number of likely N-dealkylation sites (tertiary alicyclic amines) is 1. The fraction of sp³-hybridized carbons (Fsp3) is 0.333. The first-order valence-electron chi connectivity index (χ1n) is 11.3. The highest BCUT2D eigenvalue weighted by molar-refractivity contribution is 8.26. The Morgan fingerprint density at radius 1 is 1.21 bits per heavy atom. The van der Waals surface area contributed by atoms with E-state index in [9.17, 15) is 4.79 Å². The highest BCUT2D eigenvalue weighted by atomic mass is 35.5. The van der Waals surface area contributed by atoms with Crippen LogP contribution in [-0.2, 0) is 11.3 Å². The summed E-state index contributed by atoms with van der Waals surface area (Å²) in [5.74, 6) is 0.392. The molecule has 0 radical (unpaired) electrons.